The maximum atomic E-state index is 11.4. The summed E-state index contributed by atoms with van der Waals surface area (Å²) in [5.74, 6) is 0.735. The summed E-state index contributed by atoms with van der Waals surface area (Å²) in [7, 11) is 0. The van der Waals surface area contributed by atoms with Crippen LogP contribution < -0.4 is 4.74 Å². The van der Waals surface area contributed by atoms with E-state index < -0.39 is 0 Å². The molecule has 112 valence electrons. The summed E-state index contributed by atoms with van der Waals surface area (Å²) in [6.45, 7) is 10.7. The van der Waals surface area contributed by atoms with Crippen molar-refractivity contribution in [2.24, 2.45) is 0 Å². The van der Waals surface area contributed by atoms with E-state index in [1.54, 1.807) is 0 Å². The normalized spacial score (nSPS) is 10.7. The van der Waals surface area contributed by atoms with E-state index in [4.69, 9.17) is 9.47 Å². The van der Waals surface area contributed by atoms with Crippen molar-refractivity contribution in [3.8, 4) is 5.75 Å². The Morgan fingerprint density at radius 3 is 2.65 bits per heavy atom. The Kier molecular flexibility index (Phi) is 7.09. The third-order valence-corrected chi connectivity index (χ3v) is 3.11. The highest BCUT2D eigenvalue weighted by Gasteiger charge is 2.10. The van der Waals surface area contributed by atoms with Gasteiger partial charge in [-0.2, -0.15) is 0 Å². The van der Waals surface area contributed by atoms with Crippen molar-refractivity contribution in [1.82, 2.24) is 4.90 Å². The topological polar surface area (TPSA) is 38.8 Å². The Balaban J connectivity index is 2.41. The summed E-state index contributed by atoms with van der Waals surface area (Å²) < 4.78 is 10.7. The van der Waals surface area contributed by atoms with E-state index >= 15 is 0 Å². The number of benzene rings is 1. The molecule has 0 saturated carbocycles. The highest BCUT2D eigenvalue weighted by molar-refractivity contribution is 5.71. The zero-order valence-electron chi connectivity index (χ0n) is 12.9. The van der Waals surface area contributed by atoms with Crippen molar-refractivity contribution in [3.05, 3.63) is 29.3 Å². The minimum atomic E-state index is -0.180. The zero-order chi connectivity index (χ0) is 15.0. The molecule has 0 N–H and O–H groups in total. The standard InChI is InChI=1S/C16H25NO3/c1-5-17(12-16(18)19-6-2)9-10-20-15-11-13(3)7-8-14(15)4/h7-8,11H,5-6,9-10,12H2,1-4H3. The molecule has 0 spiro atoms. The van der Waals surface area contributed by atoms with Gasteiger partial charge in [-0.05, 0) is 44.5 Å². The molecule has 1 aromatic carbocycles. The lowest BCUT2D eigenvalue weighted by atomic mass is 10.1. The quantitative estimate of drug-likeness (QED) is 0.686. The first-order valence-electron chi connectivity index (χ1n) is 7.14. The molecular weight excluding hydrogens is 254 g/mol. The third-order valence-electron chi connectivity index (χ3n) is 3.11. The fraction of sp³-hybridized carbons (Fsp3) is 0.562. The highest BCUT2D eigenvalue weighted by atomic mass is 16.5. The van der Waals surface area contributed by atoms with Crippen LogP contribution in [0.25, 0.3) is 0 Å². The molecule has 4 nitrogen and oxygen atoms in total. The van der Waals surface area contributed by atoms with E-state index in [1.807, 2.05) is 38.7 Å². The molecule has 0 aromatic heterocycles. The maximum Gasteiger partial charge on any atom is 0.320 e. The van der Waals surface area contributed by atoms with Crippen LogP contribution in [0.5, 0.6) is 5.75 Å². The summed E-state index contributed by atoms with van der Waals surface area (Å²) in [5.41, 5.74) is 2.31. The Bertz CT molecular complexity index is 432. The number of esters is 1. The highest BCUT2D eigenvalue weighted by Crippen LogP contribution is 2.18. The van der Waals surface area contributed by atoms with Gasteiger partial charge in [0.05, 0.1) is 13.2 Å². The number of likely N-dealkylation sites (N-methyl/N-ethyl adjacent to an activating group) is 1. The van der Waals surface area contributed by atoms with E-state index in [-0.39, 0.29) is 5.97 Å². The van der Waals surface area contributed by atoms with Crippen molar-refractivity contribution in [2.75, 3.05) is 32.8 Å². The number of aryl methyl sites for hydroxylation is 2. The molecule has 1 aromatic rings. The lowest BCUT2D eigenvalue weighted by Gasteiger charge is -2.19. The Morgan fingerprint density at radius 1 is 1.25 bits per heavy atom. The Labute approximate surface area is 121 Å². The van der Waals surface area contributed by atoms with Crippen molar-refractivity contribution in [1.29, 1.82) is 0 Å². The fourth-order valence-electron chi connectivity index (χ4n) is 1.89. The second-order valence-corrected chi connectivity index (χ2v) is 4.79. The maximum absolute atomic E-state index is 11.4. The van der Waals surface area contributed by atoms with Crippen LogP contribution in [0.15, 0.2) is 18.2 Å². The van der Waals surface area contributed by atoms with Crippen molar-refractivity contribution >= 4 is 5.97 Å². The van der Waals surface area contributed by atoms with Gasteiger partial charge in [-0.25, -0.2) is 0 Å². The summed E-state index contributed by atoms with van der Waals surface area (Å²) >= 11 is 0. The van der Waals surface area contributed by atoms with Crippen LogP contribution in [-0.2, 0) is 9.53 Å². The molecule has 0 atom stereocenters. The van der Waals surface area contributed by atoms with Gasteiger partial charge < -0.3 is 9.47 Å². The van der Waals surface area contributed by atoms with Crippen molar-refractivity contribution in [2.45, 2.75) is 27.7 Å². The van der Waals surface area contributed by atoms with Gasteiger partial charge >= 0.3 is 5.97 Å². The number of ether oxygens (including phenoxy) is 2. The van der Waals surface area contributed by atoms with Crippen LogP contribution >= 0.6 is 0 Å². The summed E-state index contributed by atoms with van der Waals surface area (Å²) in [6.07, 6.45) is 0. The third kappa shape index (κ3) is 5.61. The smallest absolute Gasteiger partial charge is 0.320 e. The molecule has 0 amide bonds. The molecule has 20 heavy (non-hydrogen) atoms. The fourth-order valence-corrected chi connectivity index (χ4v) is 1.89. The van der Waals surface area contributed by atoms with Gasteiger partial charge in [0, 0.05) is 6.54 Å². The minimum absolute atomic E-state index is 0.180. The lowest BCUT2D eigenvalue weighted by molar-refractivity contribution is -0.144. The number of nitrogens with zero attached hydrogens (tertiary/aromatic N) is 1. The predicted molar refractivity (Wildman–Crippen MR) is 80.2 cm³/mol. The van der Waals surface area contributed by atoms with E-state index in [0.717, 1.165) is 17.9 Å². The Hall–Kier alpha value is -1.55. The molecule has 4 heteroatoms. The van der Waals surface area contributed by atoms with Crippen LogP contribution in [0.4, 0.5) is 0 Å². The monoisotopic (exact) mass is 279 g/mol. The number of rotatable bonds is 8. The molecule has 0 aliphatic rings. The lowest BCUT2D eigenvalue weighted by Crippen LogP contribution is -2.34. The minimum Gasteiger partial charge on any atom is -0.492 e. The van der Waals surface area contributed by atoms with Crippen molar-refractivity contribution in [3.63, 3.8) is 0 Å². The van der Waals surface area contributed by atoms with Gasteiger partial charge in [-0.1, -0.05) is 19.1 Å². The molecule has 0 aliphatic heterocycles. The van der Waals surface area contributed by atoms with E-state index in [0.29, 0.717) is 26.3 Å². The van der Waals surface area contributed by atoms with E-state index in [1.165, 1.54) is 5.56 Å². The average Bonchev–Trinajstić information content (AvgIpc) is 2.41. The van der Waals surface area contributed by atoms with Crippen LogP contribution in [0.1, 0.15) is 25.0 Å². The number of hydrogen-bond donors (Lipinski definition) is 0. The second kappa shape index (κ2) is 8.59. The predicted octanol–water partition coefficient (Wildman–Crippen LogP) is 2.57. The summed E-state index contributed by atoms with van der Waals surface area (Å²) in [4.78, 5) is 13.5. The molecule has 0 unspecified atom stereocenters. The number of carbonyl (C=O) groups excluding carboxylic acids is 1. The van der Waals surface area contributed by atoms with E-state index in [9.17, 15) is 4.79 Å². The summed E-state index contributed by atoms with van der Waals surface area (Å²) in [6, 6.07) is 6.17. The van der Waals surface area contributed by atoms with Crippen LogP contribution in [-0.4, -0.2) is 43.7 Å². The number of hydrogen-bond acceptors (Lipinski definition) is 4. The van der Waals surface area contributed by atoms with E-state index in [2.05, 4.69) is 12.1 Å². The first-order valence-corrected chi connectivity index (χ1v) is 7.14. The molecule has 1 rings (SSSR count). The SMILES string of the molecule is CCOC(=O)CN(CC)CCOc1cc(C)ccc1C. The first-order chi connectivity index (χ1) is 9.56. The molecular formula is C16H25NO3. The van der Waals surface area contributed by atoms with Gasteiger partial charge in [-0.3, -0.25) is 9.69 Å². The van der Waals surface area contributed by atoms with Gasteiger partial charge in [-0.15, -0.1) is 0 Å². The van der Waals surface area contributed by atoms with Gasteiger partial charge in [0.1, 0.15) is 12.4 Å². The molecule has 0 bridgehead atoms. The number of carbonyl (C=O) groups is 1. The summed E-state index contributed by atoms with van der Waals surface area (Å²) in [5, 5.41) is 0. The van der Waals surface area contributed by atoms with Crippen molar-refractivity contribution < 1.29 is 14.3 Å². The van der Waals surface area contributed by atoms with Gasteiger partial charge in [0.25, 0.3) is 0 Å². The van der Waals surface area contributed by atoms with Gasteiger partial charge in [0.15, 0.2) is 0 Å². The molecule has 0 fully saturated rings. The largest absolute Gasteiger partial charge is 0.492 e. The Morgan fingerprint density at radius 2 is 2.00 bits per heavy atom. The molecule has 0 heterocycles. The van der Waals surface area contributed by atoms with Crippen LogP contribution in [0.2, 0.25) is 0 Å². The zero-order valence-corrected chi connectivity index (χ0v) is 12.9. The second-order valence-electron chi connectivity index (χ2n) is 4.79. The van der Waals surface area contributed by atoms with Gasteiger partial charge in [0.2, 0.25) is 0 Å². The molecule has 0 saturated heterocycles. The average molecular weight is 279 g/mol. The van der Waals surface area contributed by atoms with Crippen LogP contribution in [0.3, 0.4) is 0 Å². The first kappa shape index (κ1) is 16.5. The molecule has 0 radical (unpaired) electrons. The molecule has 0 aliphatic carbocycles. The van der Waals surface area contributed by atoms with Crippen LogP contribution in [0, 0.1) is 13.8 Å².